The van der Waals surface area contributed by atoms with Crippen molar-refractivity contribution in [1.82, 2.24) is 4.72 Å². The van der Waals surface area contributed by atoms with Crippen LogP contribution in [-0.4, -0.2) is 26.0 Å². The monoisotopic (exact) mass is 447 g/mol. The molecule has 0 aromatic heterocycles. The van der Waals surface area contributed by atoms with E-state index in [-0.39, 0.29) is 18.4 Å². The van der Waals surface area contributed by atoms with Gasteiger partial charge in [-0.05, 0) is 73.0 Å². The van der Waals surface area contributed by atoms with Crippen LogP contribution in [0.1, 0.15) is 22.9 Å². The summed E-state index contributed by atoms with van der Waals surface area (Å²) in [5, 5.41) is 9.81. The van der Waals surface area contributed by atoms with Gasteiger partial charge in [0.15, 0.2) is 0 Å². The summed E-state index contributed by atoms with van der Waals surface area (Å²) in [5.41, 5.74) is 1.40. The molecule has 3 rings (SSSR count). The lowest BCUT2D eigenvalue weighted by Gasteiger charge is -2.10. The molecular formula is C22H22ClNO5S. The first-order valence-corrected chi connectivity index (χ1v) is 11.0. The highest BCUT2D eigenvalue weighted by Gasteiger charge is 2.17. The fraction of sp³-hybridized carbons (Fsp3) is 0.136. The van der Waals surface area contributed by atoms with Crippen molar-refractivity contribution in [3.63, 3.8) is 0 Å². The quantitative estimate of drug-likeness (QED) is 0.512. The molecule has 0 saturated heterocycles. The van der Waals surface area contributed by atoms with Crippen LogP contribution in [0.3, 0.4) is 0 Å². The van der Waals surface area contributed by atoms with E-state index in [2.05, 4.69) is 4.72 Å². The Morgan fingerprint density at radius 2 is 1.63 bits per heavy atom. The second-order valence-corrected chi connectivity index (χ2v) is 8.83. The first-order chi connectivity index (χ1) is 14.2. The van der Waals surface area contributed by atoms with Crippen molar-refractivity contribution in [3.8, 4) is 11.5 Å². The largest absolute Gasteiger partial charge is 0.478 e. The van der Waals surface area contributed by atoms with Gasteiger partial charge in [-0.1, -0.05) is 29.8 Å². The fourth-order valence-electron chi connectivity index (χ4n) is 2.77. The maximum atomic E-state index is 12.5. The molecule has 0 radical (unpaired) electrons. The normalized spacial score (nSPS) is 11.3. The summed E-state index contributed by atoms with van der Waals surface area (Å²) >= 11 is 5.85. The van der Waals surface area contributed by atoms with Gasteiger partial charge >= 0.3 is 5.97 Å². The topological polar surface area (TPSA) is 92.7 Å². The van der Waals surface area contributed by atoms with Gasteiger partial charge in [0, 0.05) is 13.0 Å². The van der Waals surface area contributed by atoms with Crippen LogP contribution < -0.4 is 9.46 Å². The van der Waals surface area contributed by atoms with Gasteiger partial charge in [-0.25, -0.2) is 17.9 Å². The van der Waals surface area contributed by atoms with Crippen LogP contribution in [0.4, 0.5) is 0 Å². The minimum absolute atomic E-state index is 0. The molecular weight excluding hydrogens is 426 g/mol. The number of halogens is 1. The molecule has 8 heteroatoms. The molecule has 158 valence electrons. The number of carbonyl (C=O) groups is 1. The lowest BCUT2D eigenvalue weighted by atomic mass is 10.1. The van der Waals surface area contributed by atoms with Crippen LogP contribution >= 0.6 is 11.6 Å². The van der Waals surface area contributed by atoms with E-state index in [1.165, 1.54) is 18.2 Å². The van der Waals surface area contributed by atoms with E-state index in [4.69, 9.17) is 16.3 Å². The Bertz CT molecular complexity index is 1150. The number of carboxylic acids is 1. The molecule has 0 spiro atoms. The summed E-state index contributed by atoms with van der Waals surface area (Å²) in [5.74, 6) is 0.159. The van der Waals surface area contributed by atoms with Crippen LogP contribution in [0.5, 0.6) is 11.5 Å². The predicted octanol–water partition coefficient (Wildman–Crippen LogP) is 4.91. The number of benzene rings is 3. The third kappa shape index (κ3) is 5.60. The maximum absolute atomic E-state index is 12.5. The van der Waals surface area contributed by atoms with Crippen LogP contribution in [-0.2, 0) is 16.4 Å². The van der Waals surface area contributed by atoms with Gasteiger partial charge in [-0.3, -0.25) is 0 Å². The number of sulfonamides is 1. The molecule has 0 aliphatic carbocycles. The first kappa shape index (κ1) is 21.8. The Hall–Kier alpha value is -2.87. The summed E-state index contributed by atoms with van der Waals surface area (Å²) in [4.78, 5) is 11.2. The van der Waals surface area contributed by atoms with E-state index in [9.17, 15) is 18.3 Å². The van der Waals surface area contributed by atoms with Crippen molar-refractivity contribution in [3.05, 3.63) is 88.4 Å². The Morgan fingerprint density at radius 3 is 2.23 bits per heavy atom. The maximum Gasteiger partial charge on any atom is 0.335 e. The summed E-state index contributed by atoms with van der Waals surface area (Å²) in [7, 11) is -3.80. The number of hydrogen-bond donors (Lipinski definition) is 2. The zero-order valence-electron chi connectivity index (χ0n) is 16.1. The van der Waals surface area contributed by atoms with Crippen LogP contribution in [0, 0.1) is 6.92 Å². The van der Waals surface area contributed by atoms with Gasteiger partial charge < -0.3 is 9.84 Å². The average Bonchev–Trinajstić information content (AvgIpc) is 2.71. The van der Waals surface area contributed by atoms with Gasteiger partial charge in [0.1, 0.15) is 11.5 Å². The summed E-state index contributed by atoms with van der Waals surface area (Å²) in [6, 6.07) is 18.4. The van der Waals surface area contributed by atoms with E-state index < -0.39 is 16.0 Å². The smallest absolute Gasteiger partial charge is 0.335 e. The molecule has 0 aliphatic rings. The average molecular weight is 448 g/mol. The van der Waals surface area contributed by atoms with E-state index in [1.54, 1.807) is 43.3 Å². The number of carboxylic acid groups (broad SMARTS) is 1. The molecule has 0 atom stereocenters. The van der Waals surface area contributed by atoms with Crippen molar-refractivity contribution in [2.75, 3.05) is 6.54 Å². The molecule has 30 heavy (non-hydrogen) atoms. The van der Waals surface area contributed by atoms with Gasteiger partial charge in [0.25, 0.3) is 0 Å². The van der Waals surface area contributed by atoms with Gasteiger partial charge in [0.05, 0.1) is 10.5 Å². The summed E-state index contributed by atoms with van der Waals surface area (Å²) < 4.78 is 33.1. The highest BCUT2D eigenvalue weighted by Crippen LogP contribution is 2.23. The number of rotatable bonds is 8. The molecule has 3 aromatic carbocycles. The molecule has 0 unspecified atom stereocenters. The third-order valence-electron chi connectivity index (χ3n) is 4.43. The van der Waals surface area contributed by atoms with Crippen LogP contribution in [0.2, 0.25) is 5.02 Å². The molecule has 0 bridgehead atoms. The predicted molar refractivity (Wildman–Crippen MR) is 117 cm³/mol. The molecule has 3 aromatic rings. The lowest BCUT2D eigenvalue weighted by molar-refractivity contribution is 0.0696. The number of hydrogen-bond acceptors (Lipinski definition) is 4. The fourth-order valence-corrected chi connectivity index (χ4v) is 3.96. The van der Waals surface area contributed by atoms with Crippen molar-refractivity contribution < 1.29 is 24.5 Å². The summed E-state index contributed by atoms with van der Waals surface area (Å²) in [6.07, 6.45) is 0.470. The van der Waals surface area contributed by atoms with E-state index in [1.807, 2.05) is 12.1 Å². The van der Waals surface area contributed by atoms with Gasteiger partial charge in [-0.2, -0.15) is 0 Å². The number of ether oxygens (including phenoxy) is 1. The number of aromatic carboxylic acids is 1. The van der Waals surface area contributed by atoms with Crippen LogP contribution in [0.25, 0.3) is 0 Å². The minimum atomic E-state index is -3.80. The van der Waals surface area contributed by atoms with E-state index >= 15 is 0 Å². The second kappa shape index (κ2) is 9.30. The molecule has 6 nitrogen and oxygen atoms in total. The highest BCUT2D eigenvalue weighted by atomic mass is 35.5. The molecule has 0 fully saturated rings. The van der Waals surface area contributed by atoms with Gasteiger partial charge in [-0.15, -0.1) is 0 Å². The minimum Gasteiger partial charge on any atom is -0.478 e. The Balaban J connectivity index is 0.00000341. The van der Waals surface area contributed by atoms with Crippen LogP contribution in [0.15, 0.2) is 71.6 Å². The molecule has 2 N–H and O–H groups in total. The second-order valence-electron chi connectivity index (χ2n) is 6.63. The zero-order valence-corrected chi connectivity index (χ0v) is 17.7. The Kier molecular flexibility index (Phi) is 6.77. The lowest BCUT2D eigenvalue weighted by Crippen LogP contribution is -2.26. The third-order valence-corrected chi connectivity index (χ3v) is 6.14. The van der Waals surface area contributed by atoms with Crippen molar-refractivity contribution in [2.24, 2.45) is 0 Å². The van der Waals surface area contributed by atoms with E-state index in [0.29, 0.717) is 28.5 Å². The Morgan fingerprint density at radius 1 is 1.03 bits per heavy atom. The summed E-state index contributed by atoms with van der Waals surface area (Å²) in [6.45, 7) is 1.80. The molecule has 0 heterocycles. The SMILES string of the molecule is Cc1ccc(S(=O)(=O)NCCc2ccc(Oc3ccc(Cl)cc3)cc2)cc1C(=O)O.[HH]. The van der Waals surface area contributed by atoms with E-state index in [0.717, 1.165) is 5.56 Å². The van der Waals surface area contributed by atoms with Crippen molar-refractivity contribution >= 4 is 27.6 Å². The highest BCUT2D eigenvalue weighted by molar-refractivity contribution is 7.89. The number of aryl methyl sites for hydroxylation is 1. The molecule has 0 saturated carbocycles. The van der Waals surface area contributed by atoms with Crippen molar-refractivity contribution in [1.29, 1.82) is 0 Å². The number of nitrogens with one attached hydrogen (secondary N) is 1. The zero-order chi connectivity index (χ0) is 21.7. The first-order valence-electron chi connectivity index (χ1n) is 9.10. The Labute approximate surface area is 181 Å². The standard InChI is InChI=1S/C22H20ClNO5S.H2/c1-15-2-11-20(14-21(15)22(25)26)30(27,28)24-13-12-16-3-7-18(8-4-16)29-19-9-5-17(23)6-10-19;/h2-11,14,24H,12-13H2,1H3,(H,25,26);1H. The van der Waals surface area contributed by atoms with Gasteiger partial charge in [0.2, 0.25) is 10.0 Å². The molecule has 0 aliphatic heterocycles. The molecule has 0 amide bonds. The van der Waals surface area contributed by atoms with Crippen molar-refractivity contribution in [2.45, 2.75) is 18.2 Å².